The van der Waals surface area contributed by atoms with Crippen molar-refractivity contribution in [2.24, 2.45) is 0 Å². The van der Waals surface area contributed by atoms with E-state index in [9.17, 15) is 24.3 Å². The van der Waals surface area contributed by atoms with Crippen LogP contribution in [-0.4, -0.2) is 79.1 Å². The van der Waals surface area contributed by atoms with Crippen LogP contribution in [0.1, 0.15) is 83.1 Å². The second kappa shape index (κ2) is 18.7. The zero-order valence-electron chi connectivity index (χ0n) is 37.9. The summed E-state index contributed by atoms with van der Waals surface area (Å²) in [7, 11) is 3.23. The third-order valence-corrected chi connectivity index (χ3v) is 12.6. The number of benzene rings is 7. The molecule has 0 radical (unpaired) electrons. The largest absolute Gasteiger partial charge is 0.497 e. The topological polar surface area (TPSA) is 141 Å². The van der Waals surface area contributed by atoms with Crippen LogP contribution in [0.2, 0.25) is 0 Å². The van der Waals surface area contributed by atoms with Crippen molar-refractivity contribution in [2.45, 2.75) is 24.9 Å². The van der Waals surface area contributed by atoms with Crippen molar-refractivity contribution in [2.75, 3.05) is 40.5 Å². The van der Waals surface area contributed by atoms with Gasteiger partial charge in [0.1, 0.15) is 40.1 Å². The van der Waals surface area contributed by atoms with Crippen LogP contribution < -0.4 is 18.9 Å². The van der Waals surface area contributed by atoms with Crippen LogP contribution in [0.5, 0.6) is 34.5 Å². The molecule has 2 heterocycles. The molecule has 0 spiro atoms. The number of aliphatic hydroxyl groups excluding tert-OH is 1. The lowest BCUT2D eigenvalue weighted by Gasteiger charge is -2.36. The molecule has 12 nitrogen and oxygen atoms in total. The first kappa shape index (κ1) is 45.1. The Balaban J connectivity index is 0.866. The van der Waals surface area contributed by atoms with Gasteiger partial charge in [0.15, 0.2) is 0 Å². The standard InChI is InChI=1S/C56H48N2O10/c1-55(2,36-10-22-43(23-11-36)67-45-26-28-47-49(34-45)53(62)57(30-32-59)51(47)60)37-12-24-44(25-13-37)68-46-27-29-48-50(35-46)54(63)58(52(48)61)31-33-66-56(38-8-6-5-7-9-38,39-14-18-41(64-3)19-15-39)40-16-20-42(65-4)21-17-40/h5-29,34-35,59H,30-33H2,1-4H3. The summed E-state index contributed by atoms with van der Waals surface area (Å²) in [6.45, 7) is 3.87. The lowest BCUT2D eigenvalue weighted by atomic mass is 9.78. The van der Waals surface area contributed by atoms with Crippen LogP contribution >= 0.6 is 0 Å². The zero-order chi connectivity index (χ0) is 47.6. The smallest absolute Gasteiger partial charge is 0.261 e. The summed E-state index contributed by atoms with van der Waals surface area (Å²) in [5.74, 6) is 1.59. The third-order valence-electron chi connectivity index (χ3n) is 12.6. The predicted molar refractivity (Wildman–Crippen MR) is 254 cm³/mol. The molecule has 0 aromatic heterocycles. The Morgan fingerprint density at radius 1 is 0.426 bits per heavy atom. The van der Waals surface area contributed by atoms with E-state index in [1.807, 2.05) is 127 Å². The highest BCUT2D eigenvalue weighted by Gasteiger charge is 2.41. The van der Waals surface area contributed by atoms with E-state index in [1.54, 1.807) is 50.6 Å². The number of ether oxygens (including phenoxy) is 5. The highest BCUT2D eigenvalue weighted by atomic mass is 16.5. The maximum atomic E-state index is 13.9. The number of aliphatic hydroxyl groups is 1. The van der Waals surface area contributed by atoms with Crippen molar-refractivity contribution in [3.8, 4) is 34.5 Å². The summed E-state index contributed by atoms with van der Waals surface area (Å²) >= 11 is 0. The van der Waals surface area contributed by atoms with Crippen molar-refractivity contribution >= 4 is 23.6 Å². The van der Waals surface area contributed by atoms with E-state index in [4.69, 9.17) is 23.7 Å². The van der Waals surface area contributed by atoms with Gasteiger partial charge in [-0.05, 0) is 113 Å². The van der Waals surface area contributed by atoms with Gasteiger partial charge in [0, 0.05) is 5.41 Å². The Bertz CT molecular complexity index is 2960. The van der Waals surface area contributed by atoms with Crippen molar-refractivity contribution in [3.63, 3.8) is 0 Å². The van der Waals surface area contributed by atoms with Gasteiger partial charge in [0.25, 0.3) is 23.6 Å². The van der Waals surface area contributed by atoms with Gasteiger partial charge in [0.05, 0.1) is 62.8 Å². The maximum absolute atomic E-state index is 13.9. The minimum atomic E-state index is -1.12. The molecule has 0 bridgehead atoms. The van der Waals surface area contributed by atoms with Gasteiger partial charge in [-0.15, -0.1) is 0 Å². The van der Waals surface area contributed by atoms with Crippen molar-refractivity contribution in [1.29, 1.82) is 0 Å². The van der Waals surface area contributed by atoms with Gasteiger partial charge in [-0.25, -0.2) is 0 Å². The number of β-amino-alcohol motifs (C(OH)–C–C–N with tert-alkyl or cyclic N) is 1. The summed E-state index contributed by atoms with van der Waals surface area (Å²) in [4.78, 5) is 55.3. The van der Waals surface area contributed by atoms with Gasteiger partial charge >= 0.3 is 0 Å². The number of carbonyl (C=O) groups excluding carboxylic acids is 4. The first-order valence-corrected chi connectivity index (χ1v) is 22.1. The Hall–Kier alpha value is -8.06. The summed E-state index contributed by atoms with van der Waals surface area (Å²) < 4.78 is 30.2. The molecule has 12 heteroatoms. The second-order valence-corrected chi connectivity index (χ2v) is 16.9. The van der Waals surface area contributed by atoms with Gasteiger partial charge in [-0.1, -0.05) is 92.7 Å². The molecular weight excluding hydrogens is 861 g/mol. The summed E-state index contributed by atoms with van der Waals surface area (Å²) in [5, 5.41) is 9.27. The van der Waals surface area contributed by atoms with Crippen molar-refractivity contribution in [1.82, 2.24) is 9.80 Å². The number of nitrogens with zero attached hydrogens (tertiary/aromatic N) is 2. The monoisotopic (exact) mass is 908 g/mol. The highest BCUT2D eigenvalue weighted by molar-refractivity contribution is 6.22. The molecule has 4 amide bonds. The summed E-state index contributed by atoms with van der Waals surface area (Å²) in [6, 6.07) is 50.2. The Morgan fingerprint density at radius 3 is 1.22 bits per heavy atom. The van der Waals surface area contributed by atoms with E-state index in [-0.39, 0.29) is 43.0 Å². The normalized spacial score (nSPS) is 13.4. The SMILES string of the molecule is COc1ccc(C(OCCN2C(=O)c3ccc(Oc4ccc(C(C)(C)c5ccc(Oc6ccc7c(c6)C(=O)N(CCO)C7=O)cc5)cc4)cc3C2=O)(c2ccccc2)c2ccc(OC)cc2)cc1. The van der Waals surface area contributed by atoms with E-state index in [1.165, 1.54) is 4.90 Å². The molecule has 2 aliphatic rings. The number of hydrogen-bond donors (Lipinski definition) is 1. The Morgan fingerprint density at radius 2 is 0.794 bits per heavy atom. The quantitative estimate of drug-likeness (QED) is 0.0694. The number of methoxy groups -OCH3 is 2. The number of rotatable bonds is 17. The molecule has 0 saturated heterocycles. The van der Waals surface area contributed by atoms with E-state index >= 15 is 0 Å². The fourth-order valence-electron chi connectivity index (χ4n) is 8.86. The minimum absolute atomic E-state index is 0.00208. The van der Waals surface area contributed by atoms with Crippen molar-refractivity contribution < 1.29 is 48.0 Å². The molecule has 0 fully saturated rings. The third kappa shape index (κ3) is 8.36. The predicted octanol–water partition coefficient (Wildman–Crippen LogP) is 9.81. The molecule has 2 aliphatic heterocycles. The number of hydrogen-bond acceptors (Lipinski definition) is 10. The van der Waals surface area contributed by atoms with E-state index in [0.29, 0.717) is 40.1 Å². The number of fused-ring (bicyclic) bond motifs is 2. The molecule has 7 aromatic carbocycles. The lowest BCUT2D eigenvalue weighted by Crippen LogP contribution is -2.38. The van der Waals surface area contributed by atoms with Crippen LogP contribution in [0.4, 0.5) is 0 Å². The molecule has 9 rings (SSSR count). The van der Waals surface area contributed by atoms with Gasteiger partial charge < -0.3 is 28.8 Å². The van der Waals surface area contributed by atoms with Crippen LogP contribution in [0.25, 0.3) is 0 Å². The molecule has 68 heavy (non-hydrogen) atoms. The molecule has 1 N–H and O–H groups in total. The van der Waals surface area contributed by atoms with Crippen LogP contribution in [-0.2, 0) is 15.8 Å². The highest BCUT2D eigenvalue weighted by Crippen LogP contribution is 2.42. The Labute approximate surface area is 393 Å². The van der Waals surface area contributed by atoms with Gasteiger partial charge in [0.2, 0.25) is 0 Å². The Kier molecular flexibility index (Phi) is 12.4. The average Bonchev–Trinajstić information content (AvgIpc) is 3.75. The molecule has 7 aromatic rings. The maximum Gasteiger partial charge on any atom is 0.261 e. The van der Waals surface area contributed by atoms with E-state index in [0.717, 1.165) is 32.7 Å². The molecule has 342 valence electrons. The van der Waals surface area contributed by atoms with Gasteiger partial charge in [-0.3, -0.25) is 29.0 Å². The number of carbonyl (C=O) groups is 4. The summed E-state index contributed by atoms with van der Waals surface area (Å²) in [5.41, 5.74) is 4.12. The molecule has 0 aliphatic carbocycles. The second-order valence-electron chi connectivity index (χ2n) is 16.9. The van der Waals surface area contributed by atoms with E-state index < -0.39 is 34.6 Å². The minimum Gasteiger partial charge on any atom is -0.497 e. The van der Waals surface area contributed by atoms with Crippen LogP contribution in [0.3, 0.4) is 0 Å². The number of imide groups is 2. The fourth-order valence-corrected chi connectivity index (χ4v) is 8.86. The zero-order valence-corrected chi connectivity index (χ0v) is 37.9. The van der Waals surface area contributed by atoms with Crippen LogP contribution in [0, 0.1) is 0 Å². The average molecular weight is 909 g/mol. The van der Waals surface area contributed by atoms with Gasteiger partial charge in [-0.2, -0.15) is 0 Å². The van der Waals surface area contributed by atoms with Crippen LogP contribution in [0.15, 0.2) is 164 Å². The first-order valence-electron chi connectivity index (χ1n) is 22.1. The number of amides is 4. The molecular formula is C56H48N2O10. The van der Waals surface area contributed by atoms with Crippen molar-refractivity contribution in [3.05, 3.63) is 214 Å². The molecule has 0 saturated carbocycles. The summed E-state index contributed by atoms with van der Waals surface area (Å²) in [6.07, 6.45) is 0. The lowest BCUT2D eigenvalue weighted by molar-refractivity contribution is 0.00334. The van der Waals surface area contributed by atoms with E-state index in [2.05, 4.69) is 13.8 Å². The first-order chi connectivity index (χ1) is 32.9. The molecule has 0 unspecified atom stereocenters. The fraction of sp³-hybridized carbons (Fsp3) is 0.179. The molecule has 0 atom stereocenters.